The average Bonchev–Trinajstić information content (AvgIpc) is 2.94. The van der Waals surface area contributed by atoms with Crippen molar-refractivity contribution >= 4 is 23.4 Å². The van der Waals surface area contributed by atoms with Crippen LogP contribution in [0.5, 0.6) is 5.88 Å². The number of aliphatic imine (C=N–C) groups is 1. The first-order valence-corrected chi connectivity index (χ1v) is 12.5. The third-order valence-electron chi connectivity index (χ3n) is 7.68. The summed E-state index contributed by atoms with van der Waals surface area (Å²) in [7, 11) is 0. The lowest BCUT2D eigenvalue weighted by Gasteiger charge is -2.39. The summed E-state index contributed by atoms with van der Waals surface area (Å²) in [6.45, 7) is 23.8. The molecule has 31 heavy (non-hydrogen) atoms. The molecule has 172 valence electrons. The molecule has 0 radical (unpaired) electrons. The van der Waals surface area contributed by atoms with Gasteiger partial charge < -0.3 is 9.64 Å². The number of amidine groups is 1. The smallest absolute Gasteiger partial charge is 0.233 e. The Bertz CT molecular complexity index is 864. The molecule has 2 heterocycles. The standard InChI is InChI=1S/C25H40N4OS/c1-10-20(26-22(18(2)3)28-14-16-31-15-12-23(28,4)5)29-13-11-21(27-29)30-17-19-24(6,7)25(19,8)9/h10-11,13,19H,2,12,14-17H2,1,3-9H3/b20-10+,26-22+. The van der Waals surface area contributed by atoms with E-state index in [1.807, 2.05) is 43.9 Å². The molecular formula is C25H40N4OS. The van der Waals surface area contributed by atoms with Crippen LogP contribution in [0, 0.1) is 16.7 Å². The summed E-state index contributed by atoms with van der Waals surface area (Å²) in [4.78, 5) is 7.45. The minimum Gasteiger partial charge on any atom is -0.476 e. The molecule has 6 heteroatoms. The maximum absolute atomic E-state index is 6.06. The van der Waals surface area contributed by atoms with Crippen LogP contribution in [0.15, 0.2) is 35.5 Å². The van der Waals surface area contributed by atoms with Gasteiger partial charge in [-0.3, -0.25) is 0 Å². The van der Waals surface area contributed by atoms with Crippen molar-refractivity contribution < 1.29 is 4.74 Å². The van der Waals surface area contributed by atoms with Crippen molar-refractivity contribution in [3.8, 4) is 5.88 Å². The number of aromatic nitrogens is 2. The average molecular weight is 445 g/mol. The summed E-state index contributed by atoms with van der Waals surface area (Å²) in [5, 5.41) is 4.66. The summed E-state index contributed by atoms with van der Waals surface area (Å²) >= 11 is 2.01. The zero-order valence-corrected chi connectivity index (χ0v) is 21.5. The maximum atomic E-state index is 6.06. The van der Waals surface area contributed by atoms with Crippen LogP contribution in [-0.4, -0.2) is 50.7 Å². The molecule has 0 N–H and O–H groups in total. The third-order valence-corrected chi connectivity index (χ3v) is 8.65. The van der Waals surface area contributed by atoms with Gasteiger partial charge in [0, 0.05) is 36.0 Å². The molecule has 0 bridgehead atoms. The fourth-order valence-electron chi connectivity index (χ4n) is 4.58. The topological polar surface area (TPSA) is 42.6 Å². The summed E-state index contributed by atoms with van der Waals surface area (Å²) in [6.07, 6.45) is 5.05. The van der Waals surface area contributed by atoms with E-state index in [1.165, 1.54) is 5.75 Å². The Morgan fingerprint density at radius 3 is 2.52 bits per heavy atom. The van der Waals surface area contributed by atoms with Crippen LogP contribution in [-0.2, 0) is 0 Å². The number of thioether (sulfide) groups is 1. The number of hydrogen-bond donors (Lipinski definition) is 0. The predicted octanol–water partition coefficient (Wildman–Crippen LogP) is 5.95. The number of nitrogens with zero attached hydrogens (tertiary/aromatic N) is 4. The quantitative estimate of drug-likeness (QED) is 0.401. The Kier molecular flexibility index (Phi) is 6.71. The van der Waals surface area contributed by atoms with E-state index in [0.29, 0.717) is 29.2 Å². The minimum absolute atomic E-state index is 0.0440. The first-order chi connectivity index (χ1) is 14.4. The first-order valence-electron chi connectivity index (χ1n) is 11.4. The second-order valence-electron chi connectivity index (χ2n) is 10.6. The van der Waals surface area contributed by atoms with E-state index >= 15 is 0 Å². The molecule has 1 aliphatic heterocycles. The highest BCUT2D eigenvalue weighted by molar-refractivity contribution is 7.99. The second kappa shape index (κ2) is 8.68. The molecule has 1 aromatic rings. The highest BCUT2D eigenvalue weighted by Gasteiger charge is 2.64. The molecule has 2 fully saturated rings. The molecule has 2 aliphatic rings. The van der Waals surface area contributed by atoms with Crippen molar-refractivity contribution in [3.63, 3.8) is 0 Å². The van der Waals surface area contributed by atoms with E-state index in [9.17, 15) is 0 Å². The fourth-order valence-corrected chi connectivity index (χ4v) is 5.74. The lowest BCUT2D eigenvalue weighted by Crippen LogP contribution is -2.48. The Balaban J connectivity index is 1.78. The molecular weight excluding hydrogens is 404 g/mol. The largest absolute Gasteiger partial charge is 0.476 e. The maximum Gasteiger partial charge on any atom is 0.233 e. The van der Waals surface area contributed by atoms with E-state index in [4.69, 9.17) is 9.73 Å². The highest BCUT2D eigenvalue weighted by Crippen LogP contribution is 2.68. The molecule has 0 atom stereocenters. The fraction of sp³-hybridized carbons (Fsp3) is 0.680. The van der Waals surface area contributed by atoms with Crippen molar-refractivity contribution in [1.29, 1.82) is 0 Å². The van der Waals surface area contributed by atoms with Gasteiger partial charge in [-0.25, -0.2) is 9.67 Å². The monoisotopic (exact) mass is 444 g/mol. The minimum atomic E-state index is 0.0440. The Morgan fingerprint density at radius 2 is 1.94 bits per heavy atom. The molecule has 0 aromatic carbocycles. The number of rotatable bonds is 6. The molecule has 0 unspecified atom stereocenters. The van der Waals surface area contributed by atoms with Crippen molar-refractivity contribution in [2.75, 3.05) is 24.7 Å². The highest BCUT2D eigenvalue weighted by atomic mass is 32.2. The molecule has 0 spiro atoms. The van der Waals surface area contributed by atoms with Gasteiger partial charge in [-0.15, -0.1) is 5.10 Å². The van der Waals surface area contributed by atoms with Gasteiger partial charge in [-0.2, -0.15) is 11.8 Å². The van der Waals surface area contributed by atoms with Crippen LogP contribution in [0.2, 0.25) is 0 Å². The van der Waals surface area contributed by atoms with Gasteiger partial charge in [0.1, 0.15) is 5.84 Å². The molecule has 1 aromatic heterocycles. The van der Waals surface area contributed by atoms with Crippen molar-refractivity contribution in [2.45, 2.75) is 67.3 Å². The van der Waals surface area contributed by atoms with Gasteiger partial charge in [0.15, 0.2) is 5.82 Å². The molecule has 0 amide bonds. The predicted molar refractivity (Wildman–Crippen MR) is 134 cm³/mol. The Hall–Kier alpha value is -1.69. The van der Waals surface area contributed by atoms with Crippen LogP contribution in [0.25, 0.3) is 5.82 Å². The van der Waals surface area contributed by atoms with E-state index < -0.39 is 0 Å². The normalized spacial score (nSPS) is 23.4. The van der Waals surface area contributed by atoms with Gasteiger partial charge in [-0.05, 0) is 62.3 Å². The summed E-state index contributed by atoms with van der Waals surface area (Å²) < 4.78 is 7.86. The Morgan fingerprint density at radius 1 is 1.26 bits per heavy atom. The van der Waals surface area contributed by atoms with E-state index in [1.54, 1.807) is 4.68 Å². The van der Waals surface area contributed by atoms with Crippen molar-refractivity contribution in [2.24, 2.45) is 21.7 Å². The number of hydrogen-bond acceptors (Lipinski definition) is 4. The zero-order chi connectivity index (χ0) is 23.0. The summed E-state index contributed by atoms with van der Waals surface area (Å²) in [5.74, 6) is 5.21. The van der Waals surface area contributed by atoms with E-state index in [2.05, 4.69) is 58.1 Å². The molecule has 1 saturated heterocycles. The molecule has 1 aliphatic carbocycles. The Labute approximate surface area is 193 Å². The molecule has 5 nitrogen and oxygen atoms in total. The number of ether oxygens (including phenoxy) is 1. The van der Waals surface area contributed by atoms with Gasteiger partial charge in [0.05, 0.1) is 6.61 Å². The van der Waals surface area contributed by atoms with Crippen LogP contribution >= 0.6 is 11.8 Å². The van der Waals surface area contributed by atoms with E-state index in [0.717, 1.165) is 35.9 Å². The van der Waals surface area contributed by atoms with Gasteiger partial charge in [-0.1, -0.05) is 34.3 Å². The van der Waals surface area contributed by atoms with Crippen LogP contribution in [0.1, 0.15) is 61.8 Å². The van der Waals surface area contributed by atoms with Crippen molar-refractivity contribution in [1.82, 2.24) is 14.7 Å². The van der Waals surface area contributed by atoms with Crippen molar-refractivity contribution in [3.05, 3.63) is 30.5 Å². The summed E-state index contributed by atoms with van der Waals surface area (Å²) in [5.41, 5.74) is 1.63. The van der Waals surface area contributed by atoms with Crippen LogP contribution in [0.3, 0.4) is 0 Å². The summed E-state index contributed by atoms with van der Waals surface area (Å²) in [6, 6.07) is 1.92. The SMILES string of the molecule is C=C(C)/C(=N\C(=C/C)n1ccc(OCC2C(C)(C)C2(C)C)n1)N1CCSCCC1(C)C. The van der Waals surface area contributed by atoms with Gasteiger partial charge in [0.25, 0.3) is 0 Å². The first kappa shape index (κ1) is 24.0. The third kappa shape index (κ3) is 4.74. The van der Waals surface area contributed by atoms with Crippen LogP contribution in [0.4, 0.5) is 0 Å². The van der Waals surface area contributed by atoms with Crippen LogP contribution < -0.4 is 4.74 Å². The van der Waals surface area contributed by atoms with E-state index in [-0.39, 0.29) is 5.54 Å². The zero-order valence-electron chi connectivity index (χ0n) is 20.7. The lowest BCUT2D eigenvalue weighted by atomic mass is 9.98. The lowest BCUT2D eigenvalue weighted by molar-refractivity contribution is 0.224. The van der Waals surface area contributed by atoms with Gasteiger partial charge in [0.2, 0.25) is 5.88 Å². The second-order valence-corrected chi connectivity index (χ2v) is 11.8. The number of allylic oxidation sites excluding steroid dienone is 1. The van der Waals surface area contributed by atoms with Gasteiger partial charge >= 0.3 is 0 Å². The molecule has 1 saturated carbocycles. The molecule has 3 rings (SSSR count).